The number of nitrogens with one attached hydrogen (secondary N) is 2. The number of hydrogen-bond acceptors (Lipinski definition) is 2. The van der Waals surface area contributed by atoms with Crippen molar-refractivity contribution < 1.29 is 53.8 Å². The number of rotatable bonds is 2. The maximum Gasteiger partial charge on any atom is 2.00 e. The minimum Gasteiger partial charge on any atom is -0.706 e. The Bertz CT molecular complexity index is 1350. The first kappa shape index (κ1) is 41.8. The molecule has 0 bridgehead atoms. The van der Waals surface area contributed by atoms with Gasteiger partial charge in [0.25, 0.3) is 10.1 Å². The summed E-state index contributed by atoms with van der Waals surface area (Å²) in [5.41, 5.74) is 23.5. The zero-order valence-corrected chi connectivity index (χ0v) is 29.3. The van der Waals surface area contributed by atoms with Crippen LogP contribution in [-0.4, -0.2) is 19.2 Å². The fourth-order valence-corrected chi connectivity index (χ4v) is 3.55. The first-order valence-electron chi connectivity index (χ1n) is 12.6. The van der Waals surface area contributed by atoms with Crippen molar-refractivity contribution in [2.45, 2.75) is 52.4 Å². The van der Waals surface area contributed by atoms with Gasteiger partial charge in [0.15, 0.2) is 0 Å². The molecule has 0 heterocycles. The second kappa shape index (κ2) is 17.7. The molecule has 0 aliphatic carbocycles. The Hall–Kier alpha value is -2.29. The molecule has 0 saturated heterocycles. The van der Waals surface area contributed by atoms with Crippen LogP contribution in [0.15, 0.2) is 84.9 Å². The number of hydrogen-bond donors (Lipinski definition) is 1. The maximum absolute atomic E-state index is 9.19. The van der Waals surface area contributed by atoms with Crippen LogP contribution in [0, 0.1) is 19.6 Å². The summed E-state index contributed by atoms with van der Waals surface area (Å²) < 4.78 is 25.9. The van der Waals surface area contributed by atoms with E-state index in [1.54, 1.807) is 12.1 Å². The van der Waals surface area contributed by atoms with Crippen molar-refractivity contribution in [2.24, 2.45) is 0 Å². The van der Waals surface area contributed by atoms with Gasteiger partial charge in [-0.3, -0.25) is 4.55 Å². The SMILES string of the molecule is CC(C)(C)c1c[c-]c(-c2ccccc2[NH-])cc1.CC(C)(C)c1c[c-]c(-c2ccccc2[NH-])cc1.CS(=O)(=O)O.[CH3-].[Pd+2].[Pd]. The zero-order chi connectivity index (χ0) is 29.4. The molecule has 4 aromatic carbocycles. The molecule has 0 saturated carbocycles. The smallest absolute Gasteiger partial charge is 0.706 e. The van der Waals surface area contributed by atoms with Crippen LogP contribution in [0.2, 0.25) is 0 Å². The molecule has 0 spiro atoms. The van der Waals surface area contributed by atoms with Gasteiger partial charge in [0.2, 0.25) is 0 Å². The Labute approximate surface area is 281 Å². The predicted octanol–water partition coefficient (Wildman–Crippen LogP) is 10.2. The standard InChI is InChI=1S/2C16H17N.CH4O3S.CH3.2Pd/c2*1-16(2,3)13-10-8-12(9-11-13)14-6-4-5-7-15(14)17;1-5(2,3)4;;;/h2*4-8,10-11,17H,1-3H3;1H3,(H,2,3,4);1H3;;/q2*-2;;-1;;+2. The Morgan fingerprint density at radius 2 is 0.929 bits per heavy atom. The Balaban J connectivity index is 0. The van der Waals surface area contributed by atoms with Gasteiger partial charge in [0, 0.05) is 20.4 Å². The van der Waals surface area contributed by atoms with Crippen LogP contribution in [0.4, 0.5) is 11.4 Å². The van der Waals surface area contributed by atoms with Crippen LogP contribution in [0.25, 0.3) is 33.7 Å². The Morgan fingerprint density at radius 1 is 0.643 bits per heavy atom. The van der Waals surface area contributed by atoms with E-state index < -0.39 is 10.1 Å². The summed E-state index contributed by atoms with van der Waals surface area (Å²) in [7, 11) is -3.67. The van der Waals surface area contributed by atoms with E-state index >= 15 is 0 Å². The molecular weight excluding hydrogens is 729 g/mol. The second-order valence-electron chi connectivity index (χ2n) is 11.3. The Morgan fingerprint density at radius 3 is 1.14 bits per heavy atom. The predicted molar refractivity (Wildman–Crippen MR) is 171 cm³/mol. The molecule has 234 valence electrons. The first-order chi connectivity index (χ1) is 18.0. The summed E-state index contributed by atoms with van der Waals surface area (Å²) in [6.07, 6.45) is 0.715. The van der Waals surface area contributed by atoms with Gasteiger partial charge < -0.3 is 18.9 Å². The van der Waals surface area contributed by atoms with Crippen LogP contribution in [-0.2, 0) is 61.8 Å². The molecular formula is C34H41N2O3Pd2S-3. The summed E-state index contributed by atoms with van der Waals surface area (Å²) in [5.74, 6) is 0. The van der Waals surface area contributed by atoms with Gasteiger partial charge >= 0.3 is 20.4 Å². The topological polar surface area (TPSA) is 102 Å². The molecule has 0 aliphatic rings. The first-order valence-corrected chi connectivity index (χ1v) is 14.4. The van der Waals surface area contributed by atoms with Crippen LogP contribution in [0.5, 0.6) is 0 Å². The van der Waals surface area contributed by atoms with Crippen molar-refractivity contribution in [3.63, 3.8) is 0 Å². The molecule has 0 amide bonds. The van der Waals surface area contributed by atoms with Gasteiger partial charge in [-0.05, 0) is 10.8 Å². The van der Waals surface area contributed by atoms with Gasteiger partial charge in [-0.1, -0.05) is 90.1 Å². The molecule has 0 radical (unpaired) electrons. The molecule has 3 N–H and O–H groups in total. The molecule has 0 fully saturated rings. The Kier molecular flexibility index (Phi) is 17.7. The van der Waals surface area contributed by atoms with Gasteiger partial charge in [-0.15, -0.1) is 81.9 Å². The van der Waals surface area contributed by atoms with Crippen molar-refractivity contribution >= 4 is 21.5 Å². The minimum absolute atomic E-state index is 0. The van der Waals surface area contributed by atoms with E-state index in [1.807, 2.05) is 60.7 Å². The van der Waals surface area contributed by atoms with Crippen LogP contribution in [0.1, 0.15) is 52.7 Å². The van der Waals surface area contributed by atoms with Crippen molar-refractivity contribution in [3.8, 4) is 22.3 Å². The van der Waals surface area contributed by atoms with Crippen LogP contribution >= 0.6 is 0 Å². The molecule has 8 heteroatoms. The second-order valence-corrected chi connectivity index (χ2v) is 12.8. The van der Waals surface area contributed by atoms with E-state index in [0.29, 0.717) is 17.6 Å². The van der Waals surface area contributed by atoms with E-state index in [-0.39, 0.29) is 59.1 Å². The van der Waals surface area contributed by atoms with Crippen LogP contribution in [0.3, 0.4) is 0 Å². The molecule has 42 heavy (non-hydrogen) atoms. The van der Waals surface area contributed by atoms with Crippen molar-refractivity contribution in [1.82, 2.24) is 0 Å². The van der Waals surface area contributed by atoms with Crippen molar-refractivity contribution in [1.29, 1.82) is 0 Å². The van der Waals surface area contributed by atoms with E-state index in [2.05, 4.69) is 65.8 Å². The fourth-order valence-electron chi connectivity index (χ4n) is 3.55. The molecule has 0 unspecified atom stereocenters. The van der Waals surface area contributed by atoms with Gasteiger partial charge in [0.05, 0.1) is 6.26 Å². The molecule has 4 aromatic rings. The molecule has 5 nitrogen and oxygen atoms in total. The monoisotopic (exact) mass is 769 g/mol. The van der Waals surface area contributed by atoms with Gasteiger partial charge in [-0.2, -0.15) is 19.8 Å². The van der Waals surface area contributed by atoms with Crippen LogP contribution < -0.4 is 0 Å². The van der Waals surface area contributed by atoms with Gasteiger partial charge in [-0.25, -0.2) is 0 Å². The van der Waals surface area contributed by atoms with Gasteiger partial charge in [0.1, 0.15) is 0 Å². The minimum atomic E-state index is -3.67. The molecule has 4 rings (SSSR count). The maximum atomic E-state index is 9.19. The molecule has 0 aliphatic heterocycles. The quantitative estimate of drug-likeness (QED) is 0.125. The summed E-state index contributed by atoms with van der Waals surface area (Å²) in [6.45, 7) is 13.1. The largest absolute Gasteiger partial charge is 2.00 e. The normalized spacial score (nSPS) is 10.7. The molecule has 0 aromatic heterocycles. The van der Waals surface area contributed by atoms with E-state index in [0.717, 1.165) is 22.3 Å². The number of benzene rings is 4. The molecule has 0 atom stereocenters. The fraction of sp³-hybridized carbons (Fsp3) is 0.265. The van der Waals surface area contributed by atoms with Crippen molar-refractivity contribution in [3.05, 3.63) is 127 Å². The third kappa shape index (κ3) is 14.3. The summed E-state index contributed by atoms with van der Waals surface area (Å²) >= 11 is 0. The third-order valence-electron chi connectivity index (χ3n) is 5.79. The van der Waals surface area contributed by atoms with E-state index in [4.69, 9.17) is 16.0 Å². The zero-order valence-electron chi connectivity index (χ0n) is 25.4. The summed E-state index contributed by atoms with van der Waals surface area (Å²) in [5, 5.41) is 0. The average molecular weight is 771 g/mol. The van der Waals surface area contributed by atoms with E-state index in [1.165, 1.54) is 11.1 Å². The van der Waals surface area contributed by atoms with E-state index in [9.17, 15) is 8.42 Å². The average Bonchev–Trinajstić information content (AvgIpc) is 2.83. The third-order valence-corrected chi connectivity index (χ3v) is 5.79. The summed E-state index contributed by atoms with van der Waals surface area (Å²) in [6, 6.07) is 34.2. The van der Waals surface area contributed by atoms with Crippen molar-refractivity contribution in [2.75, 3.05) is 6.26 Å². The summed E-state index contributed by atoms with van der Waals surface area (Å²) in [4.78, 5) is 0.